The van der Waals surface area contributed by atoms with E-state index in [2.05, 4.69) is 13.2 Å². The van der Waals surface area contributed by atoms with Crippen LogP contribution in [0.5, 0.6) is 0 Å². The molecule has 0 fully saturated rings. The van der Waals surface area contributed by atoms with Crippen LogP contribution in [0, 0.1) is 0 Å². The summed E-state index contributed by atoms with van der Waals surface area (Å²) in [5, 5.41) is 10.1. The van der Waals surface area contributed by atoms with Crippen LogP contribution in [0.2, 0.25) is 0 Å². The quantitative estimate of drug-likeness (QED) is 0.344. The van der Waals surface area contributed by atoms with Crippen molar-refractivity contribution in [1.29, 1.82) is 0 Å². The Bertz CT molecular complexity index is 221. The van der Waals surface area contributed by atoms with Gasteiger partial charge in [0.25, 0.3) is 0 Å². The third kappa shape index (κ3) is 4.78. The molecular weight excluding hydrogens is 147 g/mol. The third-order valence-electron chi connectivity index (χ3n) is 1.01. The summed E-state index contributed by atoms with van der Waals surface area (Å²) >= 11 is 0. The van der Waals surface area contributed by atoms with Gasteiger partial charge in [-0.3, -0.25) is 0 Å². The fraction of sp³-hybridized carbons (Fsp3) is 0. The molecule has 0 unspecified atom stereocenters. The fourth-order valence-corrected chi connectivity index (χ4v) is 0.574. The van der Waals surface area contributed by atoms with Crippen LogP contribution in [-0.2, 0) is 0 Å². The molecule has 1 aromatic rings. The van der Waals surface area contributed by atoms with E-state index in [0.717, 1.165) is 0 Å². The molecule has 2 nitrogen and oxygen atoms in total. The zero-order chi connectivity index (χ0) is 8.69. The first-order valence-corrected chi connectivity index (χ1v) is 3.07. The van der Waals surface area contributed by atoms with Gasteiger partial charge in [0.05, 0.1) is 5.97 Å². The maximum absolute atomic E-state index is 10.1. The van der Waals surface area contributed by atoms with Crippen molar-refractivity contribution in [3.05, 3.63) is 49.1 Å². The summed E-state index contributed by atoms with van der Waals surface area (Å²) in [5.74, 6) is -1.13. The number of carbonyl (C=O) groups is 1. The maximum Gasteiger partial charge on any atom is 1.00 e. The second-order valence-corrected chi connectivity index (χ2v) is 1.65. The molecule has 3 heteroatoms. The molecule has 0 aliphatic rings. The van der Waals surface area contributed by atoms with Gasteiger partial charge in [-0.2, -0.15) is 0 Å². The van der Waals surface area contributed by atoms with Gasteiger partial charge in [-0.15, -0.1) is 13.2 Å². The number of carboxylic acids is 1. The summed E-state index contributed by atoms with van der Waals surface area (Å²) in [6.45, 7) is 6.00. The molecule has 0 radical (unpaired) electrons. The van der Waals surface area contributed by atoms with Crippen molar-refractivity contribution in [2.24, 2.45) is 0 Å². The zero-order valence-electron chi connectivity index (χ0n) is 7.12. The summed E-state index contributed by atoms with van der Waals surface area (Å²) in [5.41, 5.74) is 0.220. The number of carboxylic acid groups (broad SMARTS) is 1. The molecule has 0 saturated heterocycles. The van der Waals surface area contributed by atoms with E-state index in [9.17, 15) is 9.90 Å². The second-order valence-electron chi connectivity index (χ2n) is 1.65. The Labute approximate surface area is 84.1 Å². The minimum Gasteiger partial charge on any atom is -0.545 e. The molecule has 0 aromatic heterocycles. The van der Waals surface area contributed by atoms with Crippen LogP contribution < -0.4 is 24.0 Å². The molecule has 12 heavy (non-hydrogen) atoms. The van der Waals surface area contributed by atoms with Crippen molar-refractivity contribution in [3.8, 4) is 0 Å². The van der Waals surface area contributed by atoms with Crippen molar-refractivity contribution in [2.75, 3.05) is 0 Å². The molecule has 0 aliphatic carbocycles. The summed E-state index contributed by atoms with van der Waals surface area (Å²) in [7, 11) is 0. The van der Waals surface area contributed by atoms with E-state index in [1.165, 1.54) is 12.1 Å². The Morgan fingerprint density at radius 1 is 1.17 bits per heavy atom. The largest absolute Gasteiger partial charge is 1.00 e. The summed E-state index contributed by atoms with van der Waals surface area (Å²) < 4.78 is 0. The second kappa shape index (κ2) is 8.13. The van der Waals surface area contributed by atoms with Gasteiger partial charge in [-0.25, -0.2) is 0 Å². The molecule has 1 aromatic carbocycles. The van der Waals surface area contributed by atoms with E-state index in [4.69, 9.17) is 0 Å². The van der Waals surface area contributed by atoms with Crippen LogP contribution in [0.4, 0.5) is 0 Å². The normalized spacial score (nSPS) is 7.00. The third-order valence-corrected chi connectivity index (χ3v) is 1.01. The number of hydrogen-bond acceptors (Lipinski definition) is 2. The van der Waals surface area contributed by atoms with Gasteiger partial charge in [-0.1, -0.05) is 30.3 Å². The Morgan fingerprint density at radius 3 is 1.83 bits per heavy atom. The summed E-state index contributed by atoms with van der Waals surface area (Å²) in [4.78, 5) is 10.1. The van der Waals surface area contributed by atoms with Crippen molar-refractivity contribution in [1.82, 2.24) is 0 Å². The van der Waals surface area contributed by atoms with Gasteiger partial charge in [0.1, 0.15) is 0 Å². The van der Waals surface area contributed by atoms with Crippen molar-refractivity contribution in [2.45, 2.75) is 0 Å². The molecule has 0 saturated carbocycles. The Hall–Kier alpha value is -0.973. The van der Waals surface area contributed by atoms with Crippen molar-refractivity contribution < 1.29 is 28.8 Å². The average Bonchev–Trinajstić information content (AvgIpc) is 2.10. The SMILES string of the molecule is C=C.O=C([O-])c1ccccc1.[Li+]. The first-order valence-electron chi connectivity index (χ1n) is 3.07. The van der Waals surface area contributed by atoms with Crippen LogP contribution in [0.25, 0.3) is 0 Å². The fourth-order valence-electron chi connectivity index (χ4n) is 0.574. The van der Waals surface area contributed by atoms with E-state index >= 15 is 0 Å². The number of rotatable bonds is 1. The number of benzene rings is 1. The van der Waals surface area contributed by atoms with Crippen LogP contribution in [0.1, 0.15) is 10.4 Å². The Balaban J connectivity index is 0. The zero-order valence-corrected chi connectivity index (χ0v) is 7.12. The van der Waals surface area contributed by atoms with Crippen LogP contribution in [-0.4, -0.2) is 5.97 Å². The Morgan fingerprint density at radius 2 is 1.58 bits per heavy atom. The molecule has 0 amide bonds. The number of hydrogen-bond donors (Lipinski definition) is 0. The van der Waals surface area contributed by atoms with Crippen molar-refractivity contribution in [3.63, 3.8) is 0 Å². The number of aromatic carboxylic acids is 1. The standard InChI is InChI=1S/C7H6O2.C2H4.Li/c8-7(9)6-4-2-1-3-5-6;1-2;/h1-5H,(H,8,9);1-2H2;/q;;+1/p-1. The van der Waals surface area contributed by atoms with E-state index in [1.807, 2.05) is 0 Å². The maximum atomic E-state index is 10.1. The average molecular weight is 156 g/mol. The molecule has 0 spiro atoms. The van der Waals surface area contributed by atoms with Gasteiger partial charge in [-0.05, 0) is 5.56 Å². The van der Waals surface area contributed by atoms with Gasteiger partial charge < -0.3 is 9.90 Å². The predicted octanol–water partition coefficient (Wildman–Crippen LogP) is -2.14. The molecule has 0 atom stereocenters. The molecule has 0 heterocycles. The summed E-state index contributed by atoms with van der Waals surface area (Å²) in [6, 6.07) is 8.06. The van der Waals surface area contributed by atoms with Crippen molar-refractivity contribution >= 4 is 5.97 Å². The van der Waals surface area contributed by atoms with Crippen LogP contribution in [0.15, 0.2) is 43.5 Å². The molecule has 1 rings (SSSR count). The minimum absolute atomic E-state index is 0. The molecule has 0 N–H and O–H groups in total. The monoisotopic (exact) mass is 156 g/mol. The first kappa shape index (κ1) is 13.6. The van der Waals surface area contributed by atoms with Gasteiger partial charge in [0, 0.05) is 0 Å². The van der Waals surface area contributed by atoms with E-state index in [0.29, 0.717) is 0 Å². The molecule has 58 valence electrons. The summed E-state index contributed by atoms with van der Waals surface area (Å²) in [6.07, 6.45) is 0. The number of carbonyl (C=O) groups excluding carboxylic acids is 1. The van der Waals surface area contributed by atoms with E-state index < -0.39 is 5.97 Å². The molecule has 0 bridgehead atoms. The molecule has 0 aliphatic heterocycles. The van der Waals surface area contributed by atoms with Gasteiger partial charge in [0.2, 0.25) is 0 Å². The van der Waals surface area contributed by atoms with Gasteiger partial charge in [0.15, 0.2) is 0 Å². The van der Waals surface area contributed by atoms with Crippen LogP contribution >= 0.6 is 0 Å². The topological polar surface area (TPSA) is 40.1 Å². The molecular formula is C9H9LiO2. The smallest absolute Gasteiger partial charge is 0.545 e. The van der Waals surface area contributed by atoms with Gasteiger partial charge >= 0.3 is 18.9 Å². The van der Waals surface area contributed by atoms with E-state index in [-0.39, 0.29) is 24.4 Å². The van der Waals surface area contributed by atoms with E-state index in [1.54, 1.807) is 18.2 Å². The van der Waals surface area contributed by atoms with Crippen LogP contribution in [0.3, 0.4) is 0 Å². The predicted molar refractivity (Wildman–Crippen MR) is 42.0 cm³/mol. The first-order chi connectivity index (χ1) is 5.30. The minimum atomic E-state index is -1.13. The Kier molecular flexibility index (Phi) is 9.21.